The van der Waals surface area contributed by atoms with Gasteiger partial charge in [0.15, 0.2) is 0 Å². The molecule has 0 heterocycles. The molecule has 0 spiro atoms. The molecule has 0 aliphatic heterocycles. The summed E-state index contributed by atoms with van der Waals surface area (Å²) in [5, 5.41) is 11.0. The molecule has 0 saturated carbocycles. The monoisotopic (exact) mass is 233 g/mol. The number of carboxylic acids is 1. The van der Waals surface area contributed by atoms with Crippen molar-refractivity contribution in [3.8, 4) is 0 Å². The van der Waals surface area contributed by atoms with Crippen LogP contribution in [-0.2, 0) is 9.59 Å². The second kappa shape index (κ2) is 13.9. The Hall–Kier alpha value is -1.06. The van der Waals surface area contributed by atoms with Gasteiger partial charge in [0.2, 0.25) is 5.91 Å². The van der Waals surface area contributed by atoms with Crippen molar-refractivity contribution in [2.75, 3.05) is 0 Å². The highest BCUT2D eigenvalue weighted by Crippen LogP contribution is 2.01. The van der Waals surface area contributed by atoms with E-state index in [0.717, 1.165) is 0 Å². The maximum Gasteiger partial charge on any atom is 0.304 e. The Labute approximate surface area is 99.4 Å². The van der Waals surface area contributed by atoms with E-state index in [-0.39, 0.29) is 18.4 Å². The van der Waals surface area contributed by atoms with Gasteiger partial charge in [-0.15, -0.1) is 0 Å². The predicted octanol–water partition coefficient (Wildman–Crippen LogP) is 2.67. The minimum absolute atomic E-state index is 0.0637. The zero-order valence-corrected chi connectivity index (χ0v) is 11.6. The minimum atomic E-state index is -0.943. The zero-order valence-electron chi connectivity index (χ0n) is 11.6. The van der Waals surface area contributed by atoms with Crippen LogP contribution >= 0.6 is 0 Å². The third kappa shape index (κ3) is 15.4. The van der Waals surface area contributed by atoms with Crippen LogP contribution in [0.3, 0.4) is 0 Å². The van der Waals surface area contributed by atoms with Crippen molar-refractivity contribution < 1.29 is 14.7 Å². The Morgan fingerprint density at radius 3 is 1.69 bits per heavy atom. The van der Waals surface area contributed by atoms with Crippen molar-refractivity contribution in [2.24, 2.45) is 5.92 Å². The summed E-state index contributed by atoms with van der Waals surface area (Å²) in [7, 11) is 0. The van der Waals surface area contributed by atoms with Crippen molar-refractivity contribution in [1.29, 1.82) is 0 Å². The lowest BCUT2D eigenvalue weighted by molar-refractivity contribution is -0.140. The summed E-state index contributed by atoms with van der Waals surface area (Å²) < 4.78 is 0. The van der Waals surface area contributed by atoms with Crippen LogP contribution in [0.15, 0.2) is 0 Å². The van der Waals surface area contributed by atoms with Gasteiger partial charge >= 0.3 is 5.97 Å². The van der Waals surface area contributed by atoms with Gasteiger partial charge in [-0.25, -0.2) is 0 Å². The van der Waals surface area contributed by atoms with Crippen LogP contribution in [0.4, 0.5) is 0 Å². The van der Waals surface area contributed by atoms with Crippen LogP contribution in [0.2, 0.25) is 0 Å². The highest BCUT2D eigenvalue weighted by atomic mass is 16.4. The number of aliphatic carboxylic acids is 1. The van der Waals surface area contributed by atoms with E-state index in [1.807, 2.05) is 41.5 Å². The molecule has 0 aliphatic carbocycles. The predicted molar refractivity (Wildman–Crippen MR) is 67.4 cm³/mol. The van der Waals surface area contributed by atoms with Crippen LogP contribution in [0, 0.1) is 5.92 Å². The molecule has 1 amide bonds. The molecule has 1 atom stereocenters. The fourth-order valence-corrected chi connectivity index (χ4v) is 0.781. The fraction of sp³-hybridized carbons (Fsp3) is 0.833. The van der Waals surface area contributed by atoms with Gasteiger partial charge in [0.05, 0.1) is 6.42 Å². The highest BCUT2D eigenvalue weighted by molar-refractivity contribution is 5.82. The van der Waals surface area contributed by atoms with Gasteiger partial charge in [-0.3, -0.25) is 9.59 Å². The van der Waals surface area contributed by atoms with E-state index < -0.39 is 11.9 Å². The summed E-state index contributed by atoms with van der Waals surface area (Å²) in [6.45, 7) is 13.3. The molecule has 16 heavy (non-hydrogen) atoms. The summed E-state index contributed by atoms with van der Waals surface area (Å²) in [4.78, 5) is 21.3. The fourth-order valence-electron chi connectivity index (χ4n) is 0.781. The zero-order chi connectivity index (χ0) is 13.7. The summed E-state index contributed by atoms with van der Waals surface area (Å²) >= 11 is 0. The number of rotatable bonds is 4. The lowest BCUT2D eigenvalue weighted by Crippen LogP contribution is -2.35. The van der Waals surface area contributed by atoms with E-state index in [9.17, 15) is 9.59 Å². The Balaban J connectivity index is -0.000000376. The normalized spacial score (nSPS) is 10.2. The first kappa shape index (κ1) is 20.4. The Bertz CT molecular complexity index is 179. The third-order valence-corrected chi connectivity index (χ3v) is 1.36. The topological polar surface area (TPSA) is 66.4 Å². The van der Waals surface area contributed by atoms with E-state index in [0.29, 0.717) is 0 Å². The first-order valence-electron chi connectivity index (χ1n) is 5.95. The minimum Gasteiger partial charge on any atom is -0.481 e. The second-order valence-electron chi connectivity index (χ2n) is 3.16. The van der Waals surface area contributed by atoms with E-state index in [4.69, 9.17) is 5.11 Å². The van der Waals surface area contributed by atoms with E-state index >= 15 is 0 Å². The summed E-state index contributed by atoms with van der Waals surface area (Å²) in [5.74, 6) is -1.60. The quantitative estimate of drug-likeness (QED) is 0.784. The molecule has 0 aromatic heterocycles. The molecule has 0 saturated heterocycles. The average Bonchev–Trinajstić information content (AvgIpc) is 2.21. The van der Waals surface area contributed by atoms with Crippen molar-refractivity contribution in [2.45, 2.75) is 60.9 Å². The van der Waals surface area contributed by atoms with Crippen LogP contribution in [0.25, 0.3) is 0 Å². The standard InChI is InChI=1S/C8H15NO3.2C2H6/c1-5(2)9-8(12)6(3)4-7(10)11;2*1-2/h5-6H,4H2,1-3H3,(H,9,12)(H,10,11);2*1-2H3. The first-order valence-corrected chi connectivity index (χ1v) is 5.95. The van der Waals surface area contributed by atoms with Crippen LogP contribution in [0.1, 0.15) is 54.9 Å². The van der Waals surface area contributed by atoms with Gasteiger partial charge in [0.25, 0.3) is 0 Å². The van der Waals surface area contributed by atoms with E-state index in [1.165, 1.54) is 0 Å². The van der Waals surface area contributed by atoms with E-state index in [1.54, 1.807) is 6.92 Å². The van der Waals surface area contributed by atoms with Crippen LogP contribution in [-0.4, -0.2) is 23.0 Å². The SMILES string of the molecule is CC.CC.CC(C)NC(=O)C(C)CC(=O)O. The second-order valence-corrected chi connectivity index (χ2v) is 3.16. The summed E-state index contributed by atoms with van der Waals surface area (Å²) in [5.41, 5.74) is 0. The largest absolute Gasteiger partial charge is 0.481 e. The molecular weight excluding hydrogens is 206 g/mol. The molecule has 98 valence electrons. The van der Waals surface area contributed by atoms with E-state index in [2.05, 4.69) is 5.32 Å². The lowest BCUT2D eigenvalue weighted by Gasteiger charge is -2.12. The number of amides is 1. The van der Waals surface area contributed by atoms with Gasteiger partial charge in [0, 0.05) is 12.0 Å². The molecule has 2 N–H and O–H groups in total. The molecule has 0 aliphatic rings. The molecule has 4 nitrogen and oxygen atoms in total. The summed E-state index contributed by atoms with van der Waals surface area (Å²) in [6, 6.07) is 0.0637. The van der Waals surface area contributed by atoms with Crippen molar-refractivity contribution in [3.63, 3.8) is 0 Å². The molecule has 0 rings (SSSR count). The van der Waals surface area contributed by atoms with Crippen molar-refractivity contribution in [1.82, 2.24) is 5.32 Å². The number of carboxylic acid groups (broad SMARTS) is 1. The maximum atomic E-state index is 11.1. The third-order valence-electron chi connectivity index (χ3n) is 1.36. The number of hydrogen-bond acceptors (Lipinski definition) is 2. The molecule has 4 heteroatoms. The maximum absolute atomic E-state index is 11.1. The molecule has 0 aromatic rings. The Morgan fingerprint density at radius 1 is 1.06 bits per heavy atom. The molecule has 1 unspecified atom stereocenters. The Kier molecular flexibility index (Phi) is 17.7. The lowest BCUT2D eigenvalue weighted by atomic mass is 10.1. The number of carbonyl (C=O) groups excluding carboxylic acids is 1. The van der Waals surface area contributed by atoms with Gasteiger partial charge in [-0.1, -0.05) is 34.6 Å². The highest BCUT2D eigenvalue weighted by Gasteiger charge is 2.16. The smallest absolute Gasteiger partial charge is 0.304 e. The van der Waals surface area contributed by atoms with Gasteiger partial charge in [-0.05, 0) is 13.8 Å². The average molecular weight is 233 g/mol. The molecule has 0 bridgehead atoms. The number of nitrogens with one attached hydrogen (secondary N) is 1. The van der Waals surface area contributed by atoms with Crippen molar-refractivity contribution in [3.05, 3.63) is 0 Å². The van der Waals surface area contributed by atoms with Gasteiger partial charge in [0.1, 0.15) is 0 Å². The summed E-state index contributed by atoms with van der Waals surface area (Å²) in [6.07, 6.45) is -0.113. The van der Waals surface area contributed by atoms with Crippen LogP contribution in [0.5, 0.6) is 0 Å². The van der Waals surface area contributed by atoms with Crippen molar-refractivity contribution >= 4 is 11.9 Å². The molecular formula is C12H27NO3. The van der Waals surface area contributed by atoms with Gasteiger partial charge in [-0.2, -0.15) is 0 Å². The molecule has 0 fully saturated rings. The molecule has 0 radical (unpaired) electrons. The first-order chi connectivity index (χ1) is 7.43. The van der Waals surface area contributed by atoms with Gasteiger partial charge < -0.3 is 10.4 Å². The van der Waals surface area contributed by atoms with Crippen LogP contribution < -0.4 is 5.32 Å². The Morgan fingerprint density at radius 2 is 1.44 bits per heavy atom. The number of carbonyl (C=O) groups is 2. The molecule has 0 aromatic carbocycles. The number of hydrogen-bond donors (Lipinski definition) is 2.